The summed E-state index contributed by atoms with van der Waals surface area (Å²) in [5.41, 5.74) is -0.569. The highest BCUT2D eigenvalue weighted by molar-refractivity contribution is 5.76. The Morgan fingerprint density at radius 3 is 2.56 bits per heavy atom. The summed E-state index contributed by atoms with van der Waals surface area (Å²) in [6, 6.07) is -0.553. The van der Waals surface area contributed by atoms with E-state index in [4.69, 9.17) is 4.74 Å². The van der Waals surface area contributed by atoms with Gasteiger partial charge in [0.15, 0.2) is 0 Å². The molecule has 0 amide bonds. The first-order chi connectivity index (χ1) is 7.28. The van der Waals surface area contributed by atoms with E-state index in [0.29, 0.717) is 0 Å². The molecule has 0 aromatic rings. The number of carbonyl (C=O) groups excluding carboxylic acids is 1. The van der Waals surface area contributed by atoms with Gasteiger partial charge in [-0.2, -0.15) is 8.78 Å². The van der Waals surface area contributed by atoms with Crippen LogP contribution in [0.1, 0.15) is 27.2 Å². The van der Waals surface area contributed by atoms with Crippen molar-refractivity contribution in [3.8, 4) is 0 Å². The number of halogens is 2. The fraction of sp³-hybridized carbons (Fsp3) is 0.900. The number of hydrogen-bond acceptors (Lipinski definition) is 4. The Labute approximate surface area is 93.3 Å². The van der Waals surface area contributed by atoms with E-state index in [-0.39, 0.29) is 13.0 Å². The Morgan fingerprint density at radius 2 is 2.06 bits per heavy atom. The monoisotopic (exact) mass is 237 g/mol. The molecule has 1 N–H and O–H groups in total. The molecule has 0 bridgehead atoms. The summed E-state index contributed by atoms with van der Waals surface area (Å²) in [5, 5.41) is 2.80. The average Bonchev–Trinajstić information content (AvgIpc) is 2.48. The van der Waals surface area contributed by atoms with Gasteiger partial charge in [-0.3, -0.25) is 4.79 Å². The molecule has 1 heterocycles. The van der Waals surface area contributed by atoms with E-state index >= 15 is 0 Å². The molecule has 1 aliphatic heterocycles. The largest absolute Gasteiger partial charge is 0.459 e. The fourth-order valence-electron chi connectivity index (χ4n) is 1.50. The normalized spacial score (nSPS) is 26.1. The van der Waals surface area contributed by atoms with Gasteiger partial charge in [0.05, 0.1) is 6.10 Å². The van der Waals surface area contributed by atoms with Crippen molar-refractivity contribution in [1.82, 2.24) is 5.32 Å². The van der Waals surface area contributed by atoms with Crippen molar-refractivity contribution >= 4 is 5.97 Å². The van der Waals surface area contributed by atoms with Crippen LogP contribution in [0.5, 0.6) is 0 Å². The molecule has 1 saturated heterocycles. The van der Waals surface area contributed by atoms with Gasteiger partial charge in [-0.25, -0.2) is 0 Å². The van der Waals surface area contributed by atoms with E-state index in [1.807, 2.05) is 0 Å². The van der Waals surface area contributed by atoms with Gasteiger partial charge in [0.25, 0.3) is 0 Å². The number of ether oxygens (including phenoxy) is 2. The smallest absolute Gasteiger partial charge is 0.345 e. The van der Waals surface area contributed by atoms with Crippen molar-refractivity contribution in [3.63, 3.8) is 0 Å². The Hall–Kier alpha value is -0.750. The van der Waals surface area contributed by atoms with Gasteiger partial charge in [-0.05, 0) is 20.8 Å². The summed E-state index contributed by atoms with van der Waals surface area (Å²) < 4.78 is 33.3. The van der Waals surface area contributed by atoms with Crippen LogP contribution in [-0.2, 0) is 14.3 Å². The summed E-state index contributed by atoms with van der Waals surface area (Å²) in [5.74, 6) is -0.423. The quantitative estimate of drug-likeness (QED) is 0.751. The van der Waals surface area contributed by atoms with Crippen LogP contribution in [0.15, 0.2) is 0 Å². The summed E-state index contributed by atoms with van der Waals surface area (Å²) in [6.07, 6.45) is -0.406. The highest BCUT2D eigenvalue weighted by Gasteiger charge is 2.34. The minimum atomic E-state index is -2.80. The molecule has 1 fully saturated rings. The van der Waals surface area contributed by atoms with Crippen LogP contribution < -0.4 is 5.32 Å². The molecule has 0 aromatic carbocycles. The summed E-state index contributed by atoms with van der Waals surface area (Å²) >= 11 is 0. The summed E-state index contributed by atoms with van der Waals surface area (Å²) in [6.45, 7) is 2.71. The number of nitrogens with one attached hydrogen (secondary N) is 1. The predicted molar refractivity (Wildman–Crippen MR) is 53.1 cm³/mol. The second kappa shape index (κ2) is 5.05. The van der Waals surface area contributed by atoms with Crippen LogP contribution in [0, 0.1) is 0 Å². The topological polar surface area (TPSA) is 47.6 Å². The number of esters is 1. The van der Waals surface area contributed by atoms with Crippen molar-refractivity contribution in [2.45, 2.75) is 51.6 Å². The maximum atomic E-state index is 11.9. The summed E-state index contributed by atoms with van der Waals surface area (Å²) in [7, 11) is 0. The highest BCUT2D eigenvalue weighted by atomic mass is 19.3. The average molecular weight is 237 g/mol. The molecule has 2 atom stereocenters. The number of alkyl halides is 2. The molecule has 0 aliphatic carbocycles. The standard InChI is InChI=1S/C10H17F2NO3/c1-10(2,3)16-8(14)7-4-6(5-13-7)15-9(11)12/h6-7,9,13H,4-5H2,1-3H3/t6-,7-/m0/s1. The molecule has 1 rings (SSSR count). The lowest BCUT2D eigenvalue weighted by molar-refractivity contribution is -0.163. The van der Waals surface area contributed by atoms with Gasteiger partial charge in [0, 0.05) is 13.0 Å². The van der Waals surface area contributed by atoms with Crippen molar-refractivity contribution < 1.29 is 23.0 Å². The molecule has 94 valence electrons. The van der Waals surface area contributed by atoms with Crippen molar-refractivity contribution in [1.29, 1.82) is 0 Å². The van der Waals surface area contributed by atoms with E-state index in [2.05, 4.69) is 10.1 Å². The maximum Gasteiger partial charge on any atom is 0.345 e. The van der Waals surface area contributed by atoms with E-state index in [0.717, 1.165) is 0 Å². The molecule has 0 unspecified atom stereocenters. The third-order valence-corrected chi connectivity index (χ3v) is 2.08. The zero-order valence-corrected chi connectivity index (χ0v) is 9.63. The summed E-state index contributed by atoms with van der Waals surface area (Å²) in [4.78, 5) is 11.6. The van der Waals surface area contributed by atoms with Gasteiger partial charge in [-0.1, -0.05) is 0 Å². The van der Waals surface area contributed by atoms with Gasteiger partial charge in [-0.15, -0.1) is 0 Å². The molecular formula is C10H17F2NO3. The molecular weight excluding hydrogens is 220 g/mol. The molecule has 16 heavy (non-hydrogen) atoms. The number of carbonyl (C=O) groups is 1. The van der Waals surface area contributed by atoms with Crippen LogP contribution in [0.25, 0.3) is 0 Å². The van der Waals surface area contributed by atoms with Crippen molar-refractivity contribution in [2.75, 3.05) is 6.54 Å². The SMILES string of the molecule is CC(C)(C)OC(=O)[C@@H]1C[C@H](OC(F)F)CN1. The Morgan fingerprint density at radius 1 is 1.44 bits per heavy atom. The van der Waals surface area contributed by atoms with Crippen LogP contribution >= 0.6 is 0 Å². The van der Waals surface area contributed by atoms with Crippen LogP contribution in [0.4, 0.5) is 8.78 Å². The molecule has 0 saturated carbocycles. The van der Waals surface area contributed by atoms with Crippen LogP contribution in [0.2, 0.25) is 0 Å². The Bertz CT molecular complexity index is 253. The maximum absolute atomic E-state index is 11.9. The van der Waals surface area contributed by atoms with E-state index in [9.17, 15) is 13.6 Å². The first-order valence-corrected chi connectivity index (χ1v) is 5.18. The molecule has 1 aliphatic rings. The third kappa shape index (κ3) is 4.40. The lowest BCUT2D eigenvalue weighted by Gasteiger charge is -2.22. The van der Waals surface area contributed by atoms with Crippen LogP contribution in [0.3, 0.4) is 0 Å². The zero-order valence-electron chi connectivity index (χ0n) is 9.63. The lowest BCUT2D eigenvalue weighted by Crippen LogP contribution is -2.37. The first kappa shape index (κ1) is 13.3. The minimum Gasteiger partial charge on any atom is -0.459 e. The van der Waals surface area contributed by atoms with Crippen molar-refractivity contribution in [3.05, 3.63) is 0 Å². The minimum absolute atomic E-state index is 0.221. The molecule has 0 aromatic heterocycles. The molecule has 0 spiro atoms. The third-order valence-electron chi connectivity index (χ3n) is 2.08. The lowest BCUT2D eigenvalue weighted by atomic mass is 10.1. The van der Waals surface area contributed by atoms with E-state index < -0.39 is 30.3 Å². The predicted octanol–water partition coefficient (Wildman–Crippen LogP) is 1.30. The Kier molecular flexibility index (Phi) is 4.21. The van der Waals surface area contributed by atoms with Crippen molar-refractivity contribution in [2.24, 2.45) is 0 Å². The number of rotatable bonds is 3. The second-order valence-corrected chi connectivity index (χ2v) is 4.75. The van der Waals surface area contributed by atoms with Crippen LogP contribution in [-0.4, -0.2) is 36.9 Å². The van der Waals surface area contributed by atoms with E-state index in [1.54, 1.807) is 20.8 Å². The van der Waals surface area contributed by atoms with Gasteiger partial charge in [0.2, 0.25) is 0 Å². The van der Waals surface area contributed by atoms with Gasteiger partial charge >= 0.3 is 12.6 Å². The highest BCUT2D eigenvalue weighted by Crippen LogP contribution is 2.17. The second-order valence-electron chi connectivity index (χ2n) is 4.75. The molecule has 4 nitrogen and oxygen atoms in total. The first-order valence-electron chi connectivity index (χ1n) is 5.18. The molecule has 6 heteroatoms. The fourth-order valence-corrected chi connectivity index (χ4v) is 1.50. The van der Waals surface area contributed by atoms with Gasteiger partial charge < -0.3 is 14.8 Å². The number of hydrogen-bond donors (Lipinski definition) is 1. The van der Waals surface area contributed by atoms with E-state index in [1.165, 1.54) is 0 Å². The molecule has 0 radical (unpaired) electrons. The van der Waals surface area contributed by atoms with Gasteiger partial charge in [0.1, 0.15) is 11.6 Å². The Balaban J connectivity index is 2.38. The zero-order chi connectivity index (χ0) is 12.3.